The lowest BCUT2D eigenvalue weighted by atomic mass is 9.95. The molecule has 0 heterocycles. The molecule has 21 heavy (non-hydrogen) atoms. The van der Waals surface area contributed by atoms with E-state index in [1.54, 1.807) is 0 Å². The Morgan fingerprint density at radius 3 is 2.10 bits per heavy atom. The van der Waals surface area contributed by atoms with E-state index in [0.29, 0.717) is 12.6 Å². The van der Waals surface area contributed by atoms with Gasteiger partial charge in [-0.3, -0.25) is 0 Å². The lowest BCUT2D eigenvalue weighted by molar-refractivity contribution is 0.0544. The number of aliphatic hydroxyl groups is 1. The Bertz CT molecular complexity index is 513. The van der Waals surface area contributed by atoms with Crippen molar-refractivity contribution in [2.24, 2.45) is 0 Å². The second-order valence-electron chi connectivity index (χ2n) is 5.61. The molecule has 3 heteroatoms. The smallest absolute Gasteiger partial charge is 0.0992 e. The highest BCUT2D eigenvalue weighted by Crippen LogP contribution is 2.19. The van der Waals surface area contributed by atoms with Crippen LogP contribution in [0.2, 0.25) is 0 Å². The van der Waals surface area contributed by atoms with Crippen molar-refractivity contribution < 1.29 is 5.11 Å². The predicted molar refractivity (Wildman–Crippen MR) is 90.9 cm³/mol. The zero-order valence-corrected chi connectivity index (χ0v) is 13.4. The van der Waals surface area contributed by atoms with Crippen LogP contribution < -0.4 is 5.32 Å². The molecule has 2 nitrogen and oxygen atoms in total. The standard InChI is InChI=1S/C18H23NO.ClH/c1-15(13-16-9-5-3-6-10-16)19-14-18(2,20)17-11-7-4-8-12-17;/h3-12,15,19-20H,13-14H2,1-2H3;1H. The Morgan fingerprint density at radius 1 is 1.00 bits per heavy atom. The highest BCUT2D eigenvalue weighted by atomic mass is 35.5. The molecule has 0 aromatic heterocycles. The summed E-state index contributed by atoms with van der Waals surface area (Å²) in [6.45, 7) is 4.55. The molecule has 2 unspecified atom stereocenters. The van der Waals surface area contributed by atoms with Gasteiger partial charge in [0.05, 0.1) is 5.60 Å². The van der Waals surface area contributed by atoms with Crippen LogP contribution in [0.5, 0.6) is 0 Å². The summed E-state index contributed by atoms with van der Waals surface area (Å²) in [4.78, 5) is 0. The van der Waals surface area contributed by atoms with Gasteiger partial charge in [0.2, 0.25) is 0 Å². The normalized spacial score (nSPS) is 14.8. The summed E-state index contributed by atoms with van der Waals surface area (Å²) in [5, 5.41) is 14.0. The number of nitrogens with one attached hydrogen (secondary N) is 1. The van der Waals surface area contributed by atoms with Crippen LogP contribution in [-0.2, 0) is 12.0 Å². The maximum Gasteiger partial charge on any atom is 0.0992 e. The fraction of sp³-hybridized carbons (Fsp3) is 0.333. The molecule has 0 spiro atoms. The summed E-state index contributed by atoms with van der Waals surface area (Å²) in [6, 6.07) is 20.5. The van der Waals surface area contributed by atoms with Crippen LogP contribution in [0.1, 0.15) is 25.0 Å². The molecule has 0 aliphatic rings. The van der Waals surface area contributed by atoms with Gasteiger partial charge in [-0.05, 0) is 31.4 Å². The van der Waals surface area contributed by atoms with Gasteiger partial charge >= 0.3 is 0 Å². The lowest BCUT2D eigenvalue weighted by Crippen LogP contribution is -2.40. The largest absolute Gasteiger partial charge is 0.384 e. The Labute approximate surface area is 133 Å². The molecule has 0 bridgehead atoms. The molecule has 0 amide bonds. The van der Waals surface area contributed by atoms with E-state index in [9.17, 15) is 5.11 Å². The molecule has 2 atom stereocenters. The van der Waals surface area contributed by atoms with Crippen molar-refractivity contribution in [1.82, 2.24) is 5.32 Å². The van der Waals surface area contributed by atoms with Gasteiger partial charge in [0.1, 0.15) is 0 Å². The summed E-state index contributed by atoms with van der Waals surface area (Å²) in [6.07, 6.45) is 0.964. The van der Waals surface area contributed by atoms with Crippen molar-refractivity contribution in [3.05, 3.63) is 71.8 Å². The average Bonchev–Trinajstić information content (AvgIpc) is 2.47. The van der Waals surface area contributed by atoms with Crippen LogP contribution in [0.3, 0.4) is 0 Å². The second kappa shape index (κ2) is 8.18. The van der Waals surface area contributed by atoms with Crippen molar-refractivity contribution in [1.29, 1.82) is 0 Å². The first-order valence-corrected chi connectivity index (χ1v) is 7.13. The highest BCUT2D eigenvalue weighted by Gasteiger charge is 2.22. The van der Waals surface area contributed by atoms with E-state index >= 15 is 0 Å². The van der Waals surface area contributed by atoms with Crippen molar-refractivity contribution >= 4 is 12.4 Å². The van der Waals surface area contributed by atoms with Crippen LogP contribution >= 0.6 is 12.4 Å². The number of rotatable bonds is 6. The Kier molecular flexibility index (Phi) is 6.90. The summed E-state index contributed by atoms with van der Waals surface area (Å²) in [5.74, 6) is 0. The third-order valence-corrected chi connectivity index (χ3v) is 3.58. The average molecular weight is 306 g/mol. The number of hydrogen-bond acceptors (Lipinski definition) is 2. The predicted octanol–water partition coefficient (Wildman–Crippen LogP) is 3.54. The van der Waals surface area contributed by atoms with E-state index < -0.39 is 5.60 Å². The first-order chi connectivity index (χ1) is 9.58. The minimum atomic E-state index is -0.841. The molecule has 2 aromatic carbocycles. The molecular weight excluding hydrogens is 282 g/mol. The molecule has 0 aliphatic carbocycles. The molecule has 0 fully saturated rings. The van der Waals surface area contributed by atoms with E-state index in [4.69, 9.17) is 0 Å². The van der Waals surface area contributed by atoms with Gasteiger partial charge in [0.25, 0.3) is 0 Å². The van der Waals surface area contributed by atoms with Gasteiger partial charge in [-0.15, -0.1) is 12.4 Å². The fourth-order valence-electron chi connectivity index (χ4n) is 2.31. The summed E-state index contributed by atoms with van der Waals surface area (Å²) >= 11 is 0. The summed E-state index contributed by atoms with van der Waals surface area (Å²) in [7, 11) is 0. The van der Waals surface area contributed by atoms with Crippen molar-refractivity contribution in [3.8, 4) is 0 Å². The SMILES string of the molecule is CC(Cc1ccccc1)NCC(C)(O)c1ccccc1.Cl. The van der Waals surface area contributed by atoms with Crippen LogP contribution in [-0.4, -0.2) is 17.7 Å². The van der Waals surface area contributed by atoms with Crippen LogP contribution in [0, 0.1) is 0 Å². The first-order valence-electron chi connectivity index (χ1n) is 7.13. The van der Waals surface area contributed by atoms with Gasteiger partial charge in [-0.2, -0.15) is 0 Å². The number of hydrogen-bond donors (Lipinski definition) is 2. The Morgan fingerprint density at radius 2 is 1.52 bits per heavy atom. The van der Waals surface area contributed by atoms with E-state index in [0.717, 1.165) is 12.0 Å². The minimum Gasteiger partial charge on any atom is -0.384 e. The molecule has 0 aliphatic heterocycles. The molecule has 2 aromatic rings. The zero-order valence-electron chi connectivity index (χ0n) is 12.6. The van der Waals surface area contributed by atoms with E-state index in [2.05, 4.69) is 36.5 Å². The van der Waals surface area contributed by atoms with Gasteiger partial charge in [-0.1, -0.05) is 60.7 Å². The van der Waals surface area contributed by atoms with E-state index in [-0.39, 0.29) is 12.4 Å². The van der Waals surface area contributed by atoms with E-state index in [1.807, 2.05) is 43.3 Å². The monoisotopic (exact) mass is 305 g/mol. The van der Waals surface area contributed by atoms with Crippen LogP contribution in [0.15, 0.2) is 60.7 Å². The maximum atomic E-state index is 10.5. The lowest BCUT2D eigenvalue weighted by Gasteiger charge is -2.26. The van der Waals surface area contributed by atoms with Crippen molar-refractivity contribution in [2.45, 2.75) is 31.9 Å². The third kappa shape index (κ3) is 5.50. The molecule has 2 rings (SSSR count). The summed E-state index contributed by atoms with van der Waals surface area (Å²) in [5.41, 5.74) is 1.41. The van der Waals surface area contributed by atoms with Crippen molar-refractivity contribution in [3.63, 3.8) is 0 Å². The quantitative estimate of drug-likeness (QED) is 0.855. The van der Waals surface area contributed by atoms with Gasteiger partial charge in [0, 0.05) is 12.6 Å². The molecule has 0 saturated heterocycles. The maximum absolute atomic E-state index is 10.5. The Balaban J connectivity index is 0.00000220. The highest BCUT2D eigenvalue weighted by molar-refractivity contribution is 5.85. The molecule has 114 valence electrons. The van der Waals surface area contributed by atoms with Gasteiger partial charge in [-0.25, -0.2) is 0 Å². The molecular formula is C18H24ClNO. The van der Waals surface area contributed by atoms with E-state index in [1.165, 1.54) is 5.56 Å². The topological polar surface area (TPSA) is 32.3 Å². The zero-order chi connectivity index (χ0) is 14.4. The molecule has 2 N–H and O–H groups in total. The van der Waals surface area contributed by atoms with Crippen LogP contribution in [0.25, 0.3) is 0 Å². The van der Waals surface area contributed by atoms with Gasteiger partial charge < -0.3 is 10.4 Å². The molecule has 0 radical (unpaired) electrons. The fourth-order valence-corrected chi connectivity index (χ4v) is 2.31. The summed E-state index contributed by atoms with van der Waals surface area (Å²) < 4.78 is 0. The Hall–Kier alpha value is -1.35. The second-order valence-corrected chi connectivity index (χ2v) is 5.61. The van der Waals surface area contributed by atoms with Crippen LogP contribution in [0.4, 0.5) is 0 Å². The minimum absolute atomic E-state index is 0. The van der Waals surface area contributed by atoms with Crippen molar-refractivity contribution in [2.75, 3.05) is 6.54 Å². The van der Waals surface area contributed by atoms with Gasteiger partial charge in [0.15, 0.2) is 0 Å². The third-order valence-electron chi connectivity index (χ3n) is 3.58. The first kappa shape index (κ1) is 17.7. The number of halogens is 1. The molecule has 0 saturated carbocycles. The number of benzene rings is 2.